The van der Waals surface area contributed by atoms with E-state index in [1.54, 1.807) is 0 Å². The van der Waals surface area contributed by atoms with Crippen LogP contribution in [0.2, 0.25) is 0 Å². The van der Waals surface area contributed by atoms with E-state index in [0.29, 0.717) is 5.92 Å². The van der Waals surface area contributed by atoms with Crippen LogP contribution in [-0.4, -0.2) is 0 Å². The molecule has 0 aliphatic heterocycles. The standard InChI is InChI=1S/C8H15N/c1-6-3-4-8(9)7(2)5-6/h4,6-7H,3,5,9H2,1-2H3. The third-order valence-electron chi connectivity index (χ3n) is 2.08. The van der Waals surface area contributed by atoms with Gasteiger partial charge in [0.05, 0.1) is 0 Å². The summed E-state index contributed by atoms with van der Waals surface area (Å²) in [4.78, 5) is 0. The molecule has 2 unspecified atom stereocenters. The van der Waals surface area contributed by atoms with E-state index in [1.807, 2.05) is 0 Å². The lowest BCUT2D eigenvalue weighted by molar-refractivity contribution is 0.427. The molecule has 2 atom stereocenters. The van der Waals surface area contributed by atoms with Crippen molar-refractivity contribution in [3.05, 3.63) is 11.8 Å². The smallest absolute Gasteiger partial charge is 0.00689 e. The maximum Gasteiger partial charge on any atom is 0.00689 e. The monoisotopic (exact) mass is 125 g/mol. The Hall–Kier alpha value is -0.460. The van der Waals surface area contributed by atoms with Crippen LogP contribution in [0.1, 0.15) is 26.7 Å². The van der Waals surface area contributed by atoms with Crippen LogP contribution in [-0.2, 0) is 0 Å². The molecule has 0 amide bonds. The van der Waals surface area contributed by atoms with Gasteiger partial charge in [-0.05, 0) is 24.7 Å². The highest BCUT2D eigenvalue weighted by atomic mass is 14.6. The van der Waals surface area contributed by atoms with E-state index in [2.05, 4.69) is 19.9 Å². The molecule has 0 saturated carbocycles. The summed E-state index contributed by atoms with van der Waals surface area (Å²) >= 11 is 0. The molecular weight excluding hydrogens is 110 g/mol. The molecule has 0 heterocycles. The molecule has 1 rings (SSSR count). The second-order valence-electron chi connectivity index (χ2n) is 3.18. The molecule has 0 bridgehead atoms. The summed E-state index contributed by atoms with van der Waals surface area (Å²) < 4.78 is 0. The first kappa shape index (κ1) is 6.66. The predicted molar refractivity (Wildman–Crippen MR) is 39.8 cm³/mol. The third kappa shape index (κ3) is 1.47. The van der Waals surface area contributed by atoms with E-state index in [4.69, 9.17) is 5.73 Å². The van der Waals surface area contributed by atoms with Gasteiger partial charge >= 0.3 is 0 Å². The van der Waals surface area contributed by atoms with E-state index in [9.17, 15) is 0 Å². The fourth-order valence-corrected chi connectivity index (χ4v) is 1.37. The quantitative estimate of drug-likeness (QED) is 0.525. The first-order valence-electron chi connectivity index (χ1n) is 3.65. The summed E-state index contributed by atoms with van der Waals surface area (Å²) in [5.41, 5.74) is 6.79. The number of rotatable bonds is 0. The lowest BCUT2D eigenvalue weighted by Gasteiger charge is -2.21. The van der Waals surface area contributed by atoms with Crippen molar-refractivity contribution >= 4 is 0 Å². The van der Waals surface area contributed by atoms with Crippen LogP contribution in [0.5, 0.6) is 0 Å². The zero-order valence-electron chi connectivity index (χ0n) is 6.22. The van der Waals surface area contributed by atoms with Crippen molar-refractivity contribution in [1.29, 1.82) is 0 Å². The summed E-state index contributed by atoms with van der Waals surface area (Å²) in [6.45, 7) is 4.47. The van der Waals surface area contributed by atoms with E-state index in [0.717, 1.165) is 11.6 Å². The Balaban J connectivity index is 2.56. The molecule has 0 aromatic rings. The summed E-state index contributed by atoms with van der Waals surface area (Å²) in [5, 5.41) is 0. The third-order valence-corrected chi connectivity index (χ3v) is 2.08. The van der Waals surface area contributed by atoms with Gasteiger partial charge in [0.15, 0.2) is 0 Å². The van der Waals surface area contributed by atoms with Gasteiger partial charge in [0.25, 0.3) is 0 Å². The lowest BCUT2D eigenvalue weighted by Crippen LogP contribution is -2.16. The number of hydrogen-bond acceptors (Lipinski definition) is 1. The Kier molecular flexibility index (Phi) is 1.79. The van der Waals surface area contributed by atoms with Gasteiger partial charge in [0.1, 0.15) is 0 Å². The molecule has 0 aromatic heterocycles. The SMILES string of the molecule is CC1CC=C(N)C(C)C1. The molecule has 2 N–H and O–H groups in total. The van der Waals surface area contributed by atoms with Crippen molar-refractivity contribution in [1.82, 2.24) is 0 Å². The van der Waals surface area contributed by atoms with Crippen molar-refractivity contribution < 1.29 is 0 Å². The molecule has 52 valence electrons. The topological polar surface area (TPSA) is 26.0 Å². The Bertz CT molecular complexity index is 127. The molecule has 0 fully saturated rings. The van der Waals surface area contributed by atoms with Crippen molar-refractivity contribution in [3.8, 4) is 0 Å². The van der Waals surface area contributed by atoms with E-state index >= 15 is 0 Å². The van der Waals surface area contributed by atoms with Crippen LogP contribution in [0.25, 0.3) is 0 Å². The molecule has 9 heavy (non-hydrogen) atoms. The molecule has 1 heteroatoms. The average Bonchev–Trinajstić information content (AvgIpc) is 1.80. The van der Waals surface area contributed by atoms with E-state index in [1.165, 1.54) is 12.8 Å². The molecule has 1 aliphatic rings. The Morgan fingerprint density at radius 3 is 2.67 bits per heavy atom. The predicted octanol–water partition coefficient (Wildman–Crippen LogP) is 1.90. The van der Waals surface area contributed by atoms with Crippen molar-refractivity contribution in [2.75, 3.05) is 0 Å². The van der Waals surface area contributed by atoms with Gasteiger partial charge < -0.3 is 5.73 Å². The maximum atomic E-state index is 5.70. The van der Waals surface area contributed by atoms with Gasteiger partial charge in [-0.1, -0.05) is 19.9 Å². The number of nitrogens with two attached hydrogens (primary N) is 1. The molecule has 0 aromatic carbocycles. The zero-order chi connectivity index (χ0) is 6.85. The van der Waals surface area contributed by atoms with Crippen LogP contribution in [0.4, 0.5) is 0 Å². The zero-order valence-corrected chi connectivity index (χ0v) is 6.22. The van der Waals surface area contributed by atoms with E-state index < -0.39 is 0 Å². The molecule has 0 radical (unpaired) electrons. The molecule has 0 saturated heterocycles. The van der Waals surface area contributed by atoms with Crippen molar-refractivity contribution in [2.24, 2.45) is 17.6 Å². The van der Waals surface area contributed by atoms with Gasteiger partial charge in [-0.25, -0.2) is 0 Å². The average molecular weight is 125 g/mol. The normalized spacial score (nSPS) is 36.0. The fourth-order valence-electron chi connectivity index (χ4n) is 1.37. The van der Waals surface area contributed by atoms with Crippen LogP contribution in [0.15, 0.2) is 11.8 Å². The molecule has 0 spiro atoms. The minimum absolute atomic E-state index is 0.619. The Morgan fingerprint density at radius 2 is 2.22 bits per heavy atom. The van der Waals surface area contributed by atoms with Crippen LogP contribution in [0.3, 0.4) is 0 Å². The van der Waals surface area contributed by atoms with Crippen LogP contribution in [0, 0.1) is 11.8 Å². The largest absolute Gasteiger partial charge is 0.402 e. The highest BCUT2D eigenvalue weighted by molar-refractivity contribution is 5.04. The molecular formula is C8H15N. The highest BCUT2D eigenvalue weighted by Gasteiger charge is 2.14. The minimum Gasteiger partial charge on any atom is -0.402 e. The van der Waals surface area contributed by atoms with Crippen molar-refractivity contribution in [3.63, 3.8) is 0 Å². The summed E-state index contributed by atoms with van der Waals surface area (Å²) in [7, 11) is 0. The molecule has 1 nitrogen and oxygen atoms in total. The second kappa shape index (κ2) is 2.42. The fraction of sp³-hybridized carbons (Fsp3) is 0.750. The first-order valence-corrected chi connectivity index (χ1v) is 3.65. The lowest BCUT2D eigenvalue weighted by atomic mass is 9.87. The maximum absolute atomic E-state index is 5.70. The Morgan fingerprint density at radius 1 is 1.56 bits per heavy atom. The summed E-state index contributed by atoms with van der Waals surface area (Å²) in [5.74, 6) is 1.46. The van der Waals surface area contributed by atoms with Gasteiger partial charge in [-0.15, -0.1) is 0 Å². The van der Waals surface area contributed by atoms with Gasteiger partial charge in [-0.2, -0.15) is 0 Å². The summed E-state index contributed by atoms with van der Waals surface area (Å²) in [6, 6.07) is 0. The van der Waals surface area contributed by atoms with Crippen LogP contribution < -0.4 is 5.73 Å². The summed E-state index contributed by atoms with van der Waals surface area (Å²) in [6.07, 6.45) is 4.61. The van der Waals surface area contributed by atoms with Gasteiger partial charge in [0.2, 0.25) is 0 Å². The first-order chi connectivity index (χ1) is 4.20. The van der Waals surface area contributed by atoms with E-state index in [-0.39, 0.29) is 0 Å². The Labute approximate surface area is 56.9 Å². The molecule has 1 aliphatic carbocycles. The van der Waals surface area contributed by atoms with Crippen molar-refractivity contribution in [2.45, 2.75) is 26.7 Å². The van der Waals surface area contributed by atoms with Crippen LogP contribution >= 0.6 is 0 Å². The number of allylic oxidation sites excluding steroid dienone is 2. The number of hydrogen-bond donors (Lipinski definition) is 1. The minimum atomic E-state index is 0.619. The van der Waals surface area contributed by atoms with Gasteiger partial charge in [-0.3, -0.25) is 0 Å². The van der Waals surface area contributed by atoms with Gasteiger partial charge in [0, 0.05) is 5.70 Å². The highest BCUT2D eigenvalue weighted by Crippen LogP contribution is 2.24. The second-order valence-corrected chi connectivity index (χ2v) is 3.18.